The van der Waals surface area contributed by atoms with Crippen molar-refractivity contribution in [2.75, 3.05) is 33.7 Å². The maximum absolute atomic E-state index is 13.9. The molecule has 0 unspecified atom stereocenters. The fourth-order valence-electron chi connectivity index (χ4n) is 5.07. The maximum Gasteiger partial charge on any atom is 0.338 e. The van der Waals surface area contributed by atoms with Crippen LogP contribution in [0.1, 0.15) is 64.1 Å². The van der Waals surface area contributed by atoms with Crippen molar-refractivity contribution in [1.82, 2.24) is 14.5 Å². The van der Waals surface area contributed by atoms with Gasteiger partial charge in [-0.1, -0.05) is 26.0 Å². The fourth-order valence-corrected chi connectivity index (χ4v) is 6.04. The summed E-state index contributed by atoms with van der Waals surface area (Å²) in [4.78, 5) is 28.7. The number of rotatable bonds is 16. The van der Waals surface area contributed by atoms with Crippen LogP contribution >= 0.6 is 0 Å². The van der Waals surface area contributed by atoms with E-state index in [-0.39, 0.29) is 35.9 Å². The van der Waals surface area contributed by atoms with E-state index in [1.807, 2.05) is 13.8 Å². The van der Waals surface area contributed by atoms with E-state index in [2.05, 4.69) is 5.32 Å². The smallest absolute Gasteiger partial charge is 0.338 e. The fraction of sp³-hybridized carbons (Fsp3) is 0.412. The summed E-state index contributed by atoms with van der Waals surface area (Å²) < 4.78 is 60.0. The zero-order valence-corrected chi connectivity index (χ0v) is 27.9. The molecule has 0 spiro atoms. The Hall–Kier alpha value is -3.71. The number of hydrogen-bond donors (Lipinski definition) is 2. The van der Waals surface area contributed by atoms with Crippen molar-refractivity contribution in [1.29, 1.82) is 0 Å². The quantitative estimate of drug-likeness (QED) is 0.215. The van der Waals surface area contributed by atoms with Crippen LogP contribution in [0.5, 0.6) is 0 Å². The molecule has 0 radical (unpaired) electrons. The molecule has 250 valence electrons. The van der Waals surface area contributed by atoms with Crippen molar-refractivity contribution >= 4 is 21.9 Å². The van der Waals surface area contributed by atoms with Crippen LogP contribution in [-0.4, -0.2) is 75.4 Å². The van der Waals surface area contributed by atoms with Gasteiger partial charge in [-0.05, 0) is 85.3 Å². The molecule has 0 saturated carbocycles. The predicted octanol–water partition coefficient (Wildman–Crippen LogP) is 4.67. The molecule has 2 atom stereocenters. The summed E-state index contributed by atoms with van der Waals surface area (Å²) >= 11 is 0. The molecule has 0 aliphatic rings. The molecule has 0 aliphatic carbocycles. The SMILES string of the molecule is CCCN(CCC)C(=O)c1cc(C)cc(C(=O)O[C@H](CNCc2cccc(S(=O)(=O)N(C)C)c2)[C@@H](N)Cc2cc(F)cc(F)c2)c1. The van der Waals surface area contributed by atoms with Gasteiger partial charge in [0, 0.05) is 57.9 Å². The predicted molar refractivity (Wildman–Crippen MR) is 174 cm³/mol. The largest absolute Gasteiger partial charge is 0.456 e. The first-order valence-electron chi connectivity index (χ1n) is 15.3. The van der Waals surface area contributed by atoms with Crippen LogP contribution in [0.2, 0.25) is 0 Å². The van der Waals surface area contributed by atoms with E-state index < -0.39 is 39.8 Å². The number of carbonyl (C=O) groups excluding carboxylic acids is 2. The minimum atomic E-state index is -3.64. The second-order valence-electron chi connectivity index (χ2n) is 11.5. The molecule has 0 aliphatic heterocycles. The summed E-state index contributed by atoms with van der Waals surface area (Å²) in [5.74, 6) is -2.39. The van der Waals surface area contributed by atoms with Gasteiger partial charge in [-0.3, -0.25) is 4.79 Å². The van der Waals surface area contributed by atoms with E-state index in [4.69, 9.17) is 10.5 Å². The minimum absolute atomic E-state index is 0.00538. The molecule has 9 nitrogen and oxygen atoms in total. The first-order chi connectivity index (χ1) is 21.7. The second kappa shape index (κ2) is 16.7. The highest BCUT2D eigenvalue weighted by atomic mass is 32.2. The number of nitrogens with one attached hydrogen (secondary N) is 1. The van der Waals surface area contributed by atoms with E-state index in [9.17, 15) is 26.8 Å². The summed E-state index contributed by atoms with van der Waals surface area (Å²) in [6.07, 6.45) is 0.642. The van der Waals surface area contributed by atoms with Gasteiger partial charge in [0.2, 0.25) is 10.0 Å². The van der Waals surface area contributed by atoms with Crippen molar-refractivity contribution in [2.24, 2.45) is 5.73 Å². The molecular weight excluding hydrogens is 614 g/mol. The third kappa shape index (κ3) is 10.1. The van der Waals surface area contributed by atoms with Gasteiger partial charge in [-0.15, -0.1) is 0 Å². The molecule has 46 heavy (non-hydrogen) atoms. The topological polar surface area (TPSA) is 122 Å². The number of sulfonamides is 1. The molecule has 0 bridgehead atoms. The Kier molecular flexibility index (Phi) is 13.4. The lowest BCUT2D eigenvalue weighted by molar-refractivity contribution is 0.0238. The van der Waals surface area contributed by atoms with Crippen molar-refractivity contribution in [3.05, 3.63) is 100 Å². The summed E-state index contributed by atoms with van der Waals surface area (Å²) in [5.41, 5.74) is 8.68. The molecule has 3 aromatic rings. The van der Waals surface area contributed by atoms with Gasteiger partial charge in [0.15, 0.2) is 0 Å². The average Bonchev–Trinajstić information content (AvgIpc) is 2.99. The average molecular weight is 659 g/mol. The normalized spacial score (nSPS) is 13.0. The standard InChI is InChI=1S/C34H44F2N4O5S/c1-6-11-40(12-7-2)33(41)26-13-23(3)14-27(19-26)34(42)45-32(31(37)18-25-15-28(35)20-29(36)16-25)22-38-21-24-9-8-10-30(17-24)46(43,44)39(4)5/h8-10,13-17,19-20,31-32,38H,6-7,11-12,18,21-22,37H2,1-5H3/t31-,32+/m0/s1. The van der Waals surface area contributed by atoms with Crippen LogP contribution in [0.3, 0.4) is 0 Å². The monoisotopic (exact) mass is 658 g/mol. The molecule has 0 fully saturated rings. The maximum atomic E-state index is 13.9. The first-order valence-corrected chi connectivity index (χ1v) is 16.7. The number of aryl methyl sites for hydroxylation is 1. The molecule has 3 aromatic carbocycles. The van der Waals surface area contributed by atoms with Gasteiger partial charge in [-0.25, -0.2) is 26.3 Å². The van der Waals surface area contributed by atoms with Gasteiger partial charge >= 0.3 is 5.97 Å². The zero-order chi connectivity index (χ0) is 34.0. The van der Waals surface area contributed by atoms with E-state index >= 15 is 0 Å². The second-order valence-corrected chi connectivity index (χ2v) is 13.7. The van der Waals surface area contributed by atoms with Crippen molar-refractivity contribution in [2.45, 2.75) is 63.6 Å². The number of ether oxygens (including phenoxy) is 1. The third-order valence-corrected chi connectivity index (χ3v) is 9.13. The Bertz CT molecular complexity index is 1590. The molecule has 1 amide bonds. The van der Waals surface area contributed by atoms with Crippen LogP contribution < -0.4 is 11.1 Å². The minimum Gasteiger partial charge on any atom is -0.456 e. The van der Waals surface area contributed by atoms with Gasteiger partial charge in [0.05, 0.1) is 10.5 Å². The van der Waals surface area contributed by atoms with Gasteiger partial charge in [-0.2, -0.15) is 0 Å². The Morgan fingerprint density at radius 3 is 2.15 bits per heavy atom. The Morgan fingerprint density at radius 2 is 1.54 bits per heavy atom. The van der Waals surface area contributed by atoms with Crippen molar-refractivity contribution in [3.63, 3.8) is 0 Å². The van der Waals surface area contributed by atoms with Gasteiger partial charge < -0.3 is 20.7 Å². The number of hydrogen-bond acceptors (Lipinski definition) is 7. The Balaban J connectivity index is 1.84. The number of carbonyl (C=O) groups is 2. The third-order valence-electron chi connectivity index (χ3n) is 7.32. The van der Waals surface area contributed by atoms with Crippen LogP contribution in [-0.2, 0) is 27.7 Å². The van der Waals surface area contributed by atoms with E-state index in [1.54, 1.807) is 42.2 Å². The van der Waals surface area contributed by atoms with Crippen LogP contribution in [0.15, 0.2) is 65.6 Å². The van der Waals surface area contributed by atoms with Crippen LogP contribution in [0.4, 0.5) is 8.78 Å². The number of halogens is 2. The zero-order valence-electron chi connectivity index (χ0n) is 27.1. The highest BCUT2D eigenvalue weighted by Gasteiger charge is 2.25. The summed E-state index contributed by atoms with van der Waals surface area (Å²) in [6, 6.07) is 13.5. The number of nitrogens with two attached hydrogens (primary N) is 1. The molecule has 0 saturated heterocycles. The van der Waals surface area contributed by atoms with E-state index in [0.29, 0.717) is 35.3 Å². The molecular formula is C34H44F2N4O5S. The van der Waals surface area contributed by atoms with Gasteiger partial charge in [0.1, 0.15) is 17.7 Å². The number of nitrogens with zero attached hydrogens (tertiary/aromatic N) is 2. The molecule has 3 N–H and O–H groups in total. The molecule has 3 rings (SSSR count). The van der Waals surface area contributed by atoms with Crippen LogP contribution in [0.25, 0.3) is 0 Å². The lowest BCUT2D eigenvalue weighted by Crippen LogP contribution is -2.46. The Labute approximate surface area is 270 Å². The van der Waals surface area contributed by atoms with Crippen molar-refractivity contribution in [3.8, 4) is 0 Å². The van der Waals surface area contributed by atoms with E-state index in [0.717, 1.165) is 23.2 Å². The van der Waals surface area contributed by atoms with Crippen LogP contribution in [0, 0.1) is 18.6 Å². The molecule has 0 aromatic heterocycles. The summed E-state index contributed by atoms with van der Waals surface area (Å²) in [5, 5.41) is 3.17. The lowest BCUT2D eigenvalue weighted by Gasteiger charge is -2.25. The number of benzene rings is 3. The number of esters is 1. The highest BCUT2D eigenvalue weighted by Crippen LogP contribution is 2.18. The van der Waals surface area contributed by atoms with E-state index in [1.165, 1.54) is 38.4 Å². The van der Waals surface area contributed by atoms with Gasteiger partial charge in [0.25, 0.3) is 5.91 Å². The summed E-state index contributed by atoms with van der Waals surface area (Å²) in [7, 11) is -0.742. The first kappa shape index (κ1) is 36.8. The van der Waals surface area contributed by atoms with Crippen molar-refractivity contribution < 1.29 is 31.5 Å². The lowest BCUT2D eigenvalue weighted by atomic mass is 10.0. The molecule has 12 heteroatoms. The molecule has 0 heterocycles. The number of amides is 1. The Morgan fingerprint density at radius 1 is 0.913 bits per heavy atom. The summed E-state index contributed by atoms with van der Waals surface area (Å²) in [6.45, 7) is 7.22. The highest BCUT2D eigenvalue weighted by molar-refractivity contribution is 7.89.